The monoisotopic (exact) mass is 297 g/mol. The van der Waals surface area contributed by atoms with Crippen LogP contribution in [0.25, 0.3) is 16.8 Å². The number of aromatic nitrogens is 4. The summed E-state index contributed by atoms with van der Waals surface area (Å²) in [5.74, 6) is 0.494. The normalized spacial score (nSPS) is 25.3. The third-order valence-electron chi connectivity index (χ3n) is 5.01. The summed E-state index contributed by atoms with van der Waals surface area (Å²) in [4.78, 5) is 23.8. The van der Waals surface area contributed by atoms with E-state index in [2.05, 4.69) is 26.3 Å². The van der Waals surface area contributed by atoms with E-state index in [1.54, 1.807) is 6.20 Å². The van der Waals surface area contributed by atoms with Crippen LogP contribution in [-0.2, 0) is 4.79 Å². The molecule has 4 rings (SSSR count). The molecule has 1 fully saturated rings. The van der Waals surface area contributed by atoms with Crippen molar-refractivity contribution in [2.45, 2.75) is 32.6 Å². The summed E-state index contributed by atoms with van der Waals surface area (Å²) in [6.45, 7) is 4.23. The van der Waals surface area contributed by atoms with Crippen molar-refractivity contribution in [1.29, 1.82) is 0 Å². The van der Waals surface area contributed by atoms with Crippen LogP contribution >= 0.6 is 0 Å². The zero-order valence-corrected chi connectivity index (χ0v) is 12.7. The van der Waals surface area contributed by atoms with Crippen LogP contribution in [0.4, 0.5) is 0 Å². The van der Waals surface area contributed by atoms with Crippen molar-refractivity contribution in [2.24, 2.45) is 17.6 Å². The Labute approximate surface area is 127 Å². The van der Waals surface area contributed by atoms with E-state index in [-0.39, 0.29) is 11.8 Å². The van der Waals surface area contributed by atoms with Gasteiger partial charge in [-0.15, -0.1) is 0 Å². The highest BCUT2D eigenvalue weighted by atomic mass is 16.1. The van der Waals surface area contributed by atoms with E-state index in [0.717, 1.165) is 35.3 Å². The van der Waals surface area contributed by atoms with Crippen molar-refractivity contribution in [3.8, 4) is 0 Å². The minimum Gasteiger partial charge on any atom is -0.369 e. The SMILES string of the molecule is Cc1nc2cnc3[nH]ccc3n2c1[C@H]1C[C@@H](C(N)=O)C[C@H]1C. The number of H-pyrrole nitrogens is 1. The Morgan fingerprint density at radius 1 is 1.45 bits per heavy atom. The molecule has 0 spiro atoms. The lowest BCUT2D eigenvalue weighted by Gasteiger charge is -2.16. The number of hydrogen-bond donors (Lipinski definition) is 2. The Morgan fingerprint density at radius 3 is 3.00 bits per heavy atom. The summed E-state index contributed by atoms with van der Waals surface area (Å²) in [5, 5.41) is 0. The van der Waals surface area contributed by atoms with E-state index in [0.29, 0.717) is 11.8 Å². The Hall–Kier alpha value is -2.37. The first-order valence-electron chi connectivity index (χ1n) is 7.66. The van der Waals surface area contributed by atoms with Crippen molar-refractivity contribution in [3.05, 3.63) is 29.8 Å². The molecule has 1 amide bonds. The number of fused-ring (bicyclic) bond motifs is 3. The molecule has 0 radical (unpaired) electrons. The van der Waals surface area contributed by atoms with Gasteiger partial charge in [0.25, 0.3) is 0 Å². The number of carbonyl (C=O) groups excluding carboxylic acids is 1. The maximum Gasteiger partial charge on any atom is 0.220 e. The van der Waals surface area contributed by atoms with Crippen LogP contribution in [0.3, 0.4) is 0 Å². The van der Waals surface area contributed by atoms with Gasteiger partial charge in [0.1, 0.15) is 0 Å². The molecule has 0 bridgehead atoms. The average Bonchev–Trinajstić information content (AvgIpc) is 3.13. The van der Waals surface area contributed by atoms with Gasteiger partial charge in [-0.25, -0.2) is 9.97 Å². The summed E-state index contributed by atoms with van der Waals surface area (Å²) in [6.07, 6.45) is 5.34. The third kappa shape index (κ3) is 1.76. The molecule has 0 saturated heterocycles. The van der Waals surface area contributed by atoms with Gasteiger partial charge in [-0.05, 0) is 31.7 Å². The molecule has 6 nitrogen and oxygen atoms in total. The van der Waals surface area contributed by atoms with Gasteiger partial charge in [-0.1, -0.05) is 6.92 Å². The Balaban J connectivity index is 1.93. The molecular formula is C16H19N5O. The number of nitrogens with one attached hydrogen (secondary N) is 1. The molecule has 1 saturated carbocycles. The number of primary amides is 1. The van der Waals surface area contributed by atoms with Gasteiger partial charge in [0.15, 0.2) is 11.3 Å². The molecule has 3 heterocycles. The maximum atomic E-state index is 11.6. The molecule has 22 heavy (non-hydrogen) atoms. The molecule has 3 aromatic rings. The van der Waals surface area contributed by atoms with Crippen molar-refractivity contribution in [1.82, 2.24) is 19.4 Å². The molecule has 3 atom stereocenters. The number of imidazole rings is 1. The van der Waals surface area contributed by atoms with Crippen molar-refractivity contribution >= 4 is 22.7 Å². The molecule has 114 valence electrons. The van der Waals surface area contributed by atoms with Gasteiger partial charge in [-0.2, -0.15) is 0 Å². The van der Waals surface area contributed by atoms with Crippen LogP contribution in [0.5, 0.6) is 0 Å². The number of rotatable bonds is 2. The summed E-state index contributed by atoms with van der Waals surface area (Å²) in [5.41, 5.74) is 10.5. The number of amides is 1. The number of nitrogens with zero attached hydrogens (tertiary/aromatic N) is 3. The van der Waals surface area contributed by atoms with Crippen molar-refractivity contribution in [2.75, 3.05) is 0 Å². The Kier molecular flexibility index (Phi) is 2.76. The van der Waals surface area contributed by atoms with Gasteiger partial charge in [-0.3, -0.25) is 9.20 Å². The molecule has 3 N–H and O–H groups in total. The van der Waals surface area contributed by atoms with Gasteiger partial charge < -0.3 is 10.7 Å². The Morgan fingerprint density at radius 2 is 2.27 bits per heavy atom. The number of aromatic amines is 1. The fourth-order valence-electron chi connectivity index (χ4n) is 3.96. The average molecular weight is 297 g/mol. The van der Waals surface area contributed by atoms with Crippen LogP contribution in [-0.4, -0.2) is 25.3 Å². The summed E-state index contributed by atoms with van der Waals surface area (Å²) < 4.78 is 2.18. The van der Waals surface area contributed by atoms with Gasteiger partial charge in [0.05, 0.1) is 17.4 Å². The van der Waals surface area contributed by atoms with E-state index in [1.165, 1.54) is 5.69 Å². The lowest BCUT2D eigenvalue weighted by Crippen LogP contribution is -2.20. The molecule has 1 aliphatic carbocycles. The van der Waals surface area contributed by atoms with Crippen LogP contribution in [0.1, 0.15) is 37.1 Å². The highest BCUT2D eigenvalue weighted by Gasteiger charge is 2.37. The minimum absolute atomic E-state index is 0.0338. The van der Waals surface area contributed by atoms with E-state index in [1.807, 2.05) is 19.2 Å². The van der Waals surface area contributed by atoms with Crippen molar-refractivity contribution < 1.29 is 4.79 Å². The molecular weight excluding hydrogens is 278 g/mol. The minimum atomic E-state index is -0.186. The zero-order valence-electron chi connectivity index (χ0n) is 12.7. The molecule has 3 aromatic heterocycles. The quantitative estimate of drug-likeness (QED) is 0.759. The third-order valence-corrected chi connectivity index (χ3v) is 5.01. The first-order valence-corrected chi connectivity index (χ1v) is 7.66. The van der Waals surface area contributed by atoms with Crippen LogP contribution in [0, 0.1) is 18.8 Å². The fourth-order valence-corrected chi connectivity index (χ4v) is 3.96. The number of nitrogens with two attached hydrogens (primary N) is 1. The summed E-state index contributed by atoms with van der Waals surface area (Å²) in [6, 6.07) is 2.02. The second-order valence-corrected chi connectivity index (χ2v) is 6.40. The summed E-state index contributed by atoms with van der Waals surface area (Å²) >= 11 is 0. The number of hydrogen-bond acceptors (Lipinski definition) is 3. The second kappa shape index (κ2) is 4.56. The first kappa shape index (κ1) is 13.3. The highest BCUT2D eigenvalue weighted by Crippen LogP contribution is 2.44. The molecule has 0 aromatic carbocycles. The van der Waals surface area contributed by atoms with Crippen LogP contribution < -0.4 is 5.73 Å². The topological polar surface area (TPSA) is 89.1 Å². The lowest BCUT2D eigenvalue weighted by molar-refractivity contribution is -0.121. The zero-order chi connectivity index (χ0) is 15.4. The summed E-state index contributed by atoms with van der Waals surface area (Å²) in [7, 11) is 0. The lowest BCUT2D eigenvalue weighted by atomic mass is 9.93. The molecule has 0 aliphatic heterocycles. The van der Waals surface area contributed by atoms with E-state index < -0.39 is 0 Å². The first-order chi connectivity index (χ1) is 10.6. The largest absolute Gasteiger partial charge is 0.369 e. The maximum absolute atomic E-state index is 11.6. The predicted molar refractivity (Wildman–Crippen MR) is 83.4 cm³/mol. The molecule has 1 aliphatic rings. The van der Waals surface area contributed by atoms with Crippen molar-refractivity contribution in [3.63, 3.8) is 0 Å². The van der Waals surface area contributed by atoms with Gasteiger partial charge in [0, 0.05) is 23.7 Å². The van der Waals surface area contributed by atoms with Gasteiger partial charge in [0.2, 0.25) is 5.91 Å². The van der Waals surface area contributed by atoms with E-state index >= 15 is 0 Å². The Bertz CT molecular complexity index is 877. The molecule has 0 unspecified atom stereocenters. The smallest absolute Gasteiger partial charge is 0.220 e. The fraction of sp³-hybridized carbons (Fsp3) is 0.438. The predicted octanol–water partition coefficient (Wildman–Crippen LogP) is 2.13. The van der Waals surface area contributed by atoms with Crippen LogP contribution in [0.2, 0.25) is 0 Å². The standard InChI is InChI=1S/C16H19N5O/c1-8-5-10(15(17)22)6-11(8)14-9(2)20-13-7-19-16-12(21(13)14)3-4-18-16/h3-4,7-8,10-11,18H,5-6H2,1-2H3,(H2,17,22)/t8-,10+,11+/m1/s1. The number of carbonyl (C=O) groups is 1. The number of aryl methyl sites for hydroxylation is 1. The van der Waals surface area contributed by atoms with Crippen LogP contribution in [0.15, 0.2) is 18.5 Å². The highest BCUT2D eigenvalue weighted by molar-refractivity contribution is 5.77. The molecule has 6 heteroatoms. The second-order valence-electron chi connectivity index (χ2n) is 6.40. The van der Waals surface area contributed by atoms with Gasteiger partial charge >= 0.3 is 0 Å². The van der Waals surface area contributed by atoms with E-state index in [9.17, 15) is 4.79 Å². The van der Waals surface area contributed by atoms with E-state index in [4.69, 9.17) is 5.73 Å².